The number of phenols is 1. The standard InChI is InChI=1S/C13H15N2O/c1-13(2,3)12-8-9-15(14-12)10-4-6-11(16)7-5-10/h4-8,16H,1-3H3. The van der Waals surface area contributed by atoms with E-state index >= 15 is 0 Å². The van der Waals surface area contributed by atoms with Crippen LogP contribution in [0.5, 0.6) is 5.75 Å². The summed E-state index contributed by atoms with van der Waals surface area (Å²) in [6.07, 6.45) is 3.07. The molecule has 0 fully saturated rings. The third-order valence-corrected chi connectivity index (χ3v) is 2.39. The van der Waals surface area contributed by atoms with Crippen LogP contribution in [0.15, 0.2) is 30.3 Å². The monoisotopic (exact) mass is 215 g/mol. The molecule has 0 aliphatic rings. The summed E-state index contributed by atoms with van der Waals surface area (Å²) in [7, 11) is 0. The van der Waals surface area contributed by atoms with Crippen molar-refractivity contribution in [1.82, 2.24) is 9.78 Å². The van der Waals surface area contributed by atoms with Crippen LogP contribution < -0.4 is 0 Å². The summed E-state index contributed by atoms with van der Waals surface area (Å²) >= 11 is 0. The van der Waals surface area contributed by atoms with Crippen LogP contribution >= 0.6 is 0 Å². The van der Waals surface area contributed by atoms with E-state index in [0.29, 0.717) is 0 Å². The Balaban J connectivity index is 2.35. The molecule has 0 saturated heterocycles. The normalized spacial score (nSPS) is 11.7. The van der Waals surface area contributed by atoms with Gasteiger partial charge >= 0.3 is 0 Å². The second-order valence-corrected chi connectivity index (χ2v) is 4.84. The highest BCUT2D eigenvalue weighted by Gasteiger charge is 2.17. The Bertz CT molecular complexity index is 477. The summed E-state index contributed by atoms with van der Waals surface area (Å²) in [5, 5.41) is 13.7. The van der Waals surface area contributed by atoms with Crippen molar-refractivity contribution in [2.24, 2.45) is 0 Å². The highest BCUT2D eigenvalue weighted by Crippen LogP contribution is 2.21. The Morgan fingerprint density at radius 3 is 2.31 bits per heavy atom. The molecule has 1 heterocycles. The van der Waals surface area contributed by atoms with Crippen LogP contribution in [-0.4, -0.2) is 14.9 Å². The number of aromatic nitrogens is 2. The van der Waals surface area contributed by atoms with Crippen molar-refractivity contribution in [2.75, 3.05) is 0 Å². The van der Waals surface area contributed by atoms with Crippen LogP contribution in [-0.2, 0) is 5.41 Å². The topological polar surface area (TPSA) is 38.0 Å². The van der Waals surface area contributed by atoms with Crippen molar-refractivity contribution in [2.45, 2.75) is 26.2 Å². The van der Waals surface area contributed by atoms with E-state index in [9.17, 15) is 5.11 Å². The molecule has 1 radical (unpaired) electrons. The minimum atomic E-state index is 0.0265. The van der Waals surface area contributed by atoms with Crippen molar-refractivity contribution in [3.63, 3.8) is 0 Å². The van der Waals surface area contributed by atoms with E-state index in [4.69, 9.17) is 0 Å². The van der Waals surface area contributed by atoms with Crippen molar-refractivity contribution >= 4 is 0 Å². The molecular formula is C13H15N2O. The molecule has 3 nitrogen and oxygen atoms in total. The van der Waals surface area contributed by atoms with Gasteiger partial charge in [0.15, 0.2) is 0 Å². The van der Waals surface area contributed by atoms with E-state index in [1.54, 1.807) is 16.8 Å². The van der Waals surface area contributed by atoms with Crippen LogP contribution in [0, 0.1) is 6.20 Å². The van der Waals surface area contributed by atoms with Gasteiger partial charge in [-0.3, -0.25) is 0 Å². The quantitative estimate of drug-likeness (QED) is 0.794. The number of rotatable bonds is 1. The molecule has 1 aromatic heterocycles. The molecule has 1 N–H and O–H groups in total. The Hall–Kier alpha value is -1.77. The molecule has 2 rings (SSSR count). The Kier molecular flexibility index (Phi) is 2.46. The zero-order valence-electron chi connectivity index (χ0n) is 9.73. The van der Waals surface area contributed by atoms with Crippen molar-refractivity contribution < 1.29 is 5.11 Å². The number of phenolic OH excluding ortho intramolecular Hbond substituents is 1. The molecule has 0 atom stereocenters. The molecule has 0 aliphatic heterocycles. The van der Waals surface area contributed by atoms with E-state index in [1.165, 1.54) is 0 Å². The second kappa shape index (κ2) is 3.67. The molecular weight excluding hydrogens is 200 g/mol. The third-order valence-electron chi connectivity index (χ3n) is 2.39. The summed E-state index contributed by atoms with van der Waals surface area (Å²) < 4.78 is 1.69. The van der Waals surface area contributed by atoms with Gasteiger partial charge in [0, 0.05) is 5.41 Å². The van der Waals surface area contributed by atoms with Crippen LogP contribution in [0.4, 0.5) is 0 Å². The van der Waals surface area contributed by atoms with Gasteiger partial charge in [-0.15, -0.1) is 0 Å². The second-order valence-electron chi connectivity index (χ2n) is 4.84. The SMILES string of the molecule is CC(C)(C)c1c[c]n(-c2ccc(O)cc2)n1. The zero-order chi connectivity index (χ0) is 11.8. The zero-order valence-corrected chi connectivity index (χ0v) is 9.73. The molecule has 3 heteroatoms. The van der Waals surface area contributed by atoms with Gasteiger partial charge in [0.05, 0.1) is 17.6 Å². The third kappa shape index (κ3) is 2.08. The lowest BCUT2D eigenvalue weighted by molar-refractivity contribution is 0.475. The molecule has 0 saturated carbocycles. The molecule has 1 aromatic carbocycles. The molecule has 0 unspecified atom stereocenters. The van der Waals surface area contributed by atoms with Crippen LogP contribution in [0.3, 0.4) is 0 Å². The van der Waals surface area contributed by atoms with Gasteiger partial charge in [-0.05, 0) is 30.3 Å². The van der Waals surface area contributed by atoms with E-state index < -0.39 is 0 Å². The number of benzene rings is 1. The summed E-state index contributed by atoms with van der Waals surface area (Å²) in [6.45, 7) is 6.35. The van der Waals surface area contributed by atoms with Gasteiger partial charge < -0.3 is 5.11 Å². The Labute approximate surface area is 95.3 Å². The molecule has 2 aromatic rings. The maximum absolute atomic E-state index is 9.20. The number of hydrogen-bond acceptors (Lipinski definition) is 2. The van der Waals surface area contributed by atoms with Crippen LogP contribution in [0.2, 0.25) is 0 Å². The van der Waals surface area contributed by atoms with Gasteiger partial charge in [0.25, 0.3) is 0 Å². The Morgan fingerprint density at radius 2 is 1.81 bits per heavy atom. The number of hydrogen-bond donors (Lipinski definition) is 1. The molecule has 16 heavy (non-hydrogen) atoms. The molecule has 0 amide bonds. The maximum Gasteiger partial charge on any atom is 0.115 e. The number of nitrogens with zero attached hydrogens (tertiary/aromatic N) is 2. The first kappa shape index (κ1) is 10.7. The summed E-state index contributed by atoms with van der Waals surface area (Å²) in [5.41, 5.74) is 1.92. The first-order chi connectivity index (χ1) is 7.47. The van der Waals surface area contributed by atoms with Crippen LogP contribution in [0.25, 0.3) is 5.69 Å². The highest BCUT2D eigenvalue weighted by molar-refractivity contribution is 5.36. The van der Waals surface area contributed by atoms with E-state index in [-0.39, 0.29) is 11.2 Å². The molecule has 0 aliphatic carbocycles. The van der Waals surface area contributed by atoms with Gasteiger partial charge in [0.2, 0.25) is 0 Å². The molecule has 0 spiro atoms. The minimum Gasteiger partial charge on any atom is -0.508 e. The van der Waals surface area contributed by atoms with Gasteiger partial charge in [-0.25, -0.2) is 4.68 Å². The highest BCUT2D eigenvalue weighted by atomic mass is 16.3. The van der Waals surface area contributed by atoms with E-state index in [1.807, 2.05) is 18.2 Å². The lowest BCUT2D eigenvalue weighted by Gasteiger charge is -2.14. The fourth-order valence-electron chi connectivity index (χ4n) is 1.38. The largest absolute Gasteiger partial charge is 0.508 e. The van der Waals surface area contributed by atoms with Crippen molar-refractivity contribution in [1.29, 1.82) is 0 Å². The number of aromatic hydroxyl groups is 1. The maximum atomic E-state index is 9.20. The van der Waals surface area contributed by atoms with Gasteiger partial charge in [0.1, 0.15) is 5.75 Å². The van der Waals surface area contributed by atoms with Crippen molar-refractivity contribution in [3.05, 3.63) is 42.2 Å². The first-order valence-electron chi connectivity index (χ1n) is 5.24. The Morgan fingerprint density at radius 1 is 1.19 bits per heavy atom. The lowest BCUT2D eigenvalue weighted by atomic mass is 9.93. The predicted molar refractivity (Wildman–Crippen MR) is 62.8 cm³/mol. The first-order valence-corrected chi connectivity index (χ1v) is 5.24. The summed E-state index contributed by atoms with van der Waals surface area (Å²) in [5.74, 6) is 0.256. The molecule has 83 valence electrons. The fourth-order valence-corrected chi connectivity index (χ4v) is 1.38. The van der Waals surface area contributed by atoms with Crippen molar-refractivity contribution in [3.8, 4) is 11.4 Å². The fraction of sp³-hybridized carbons (Fsp3) is 0.308. The summed E-state index contributed by atoms with van der Waals surface area (Å²) in [6, 6.07) is 8.80. The smallest absolute Gasteiger partial charge is 0.115 e. The average molecular weight is 215 g/mol. The lowest BCUT2D eigenvalue weighted by Crippen LogP contribution is -2.12. The summed E-state index contributed by atoms with van der Waals surface area (Å²) in [4.78, 5) is 0. The average Bonchev–Trinajstić information content (AvgIpc) is 2.67. The predicted octanol–water partition coefficient (Wildman–Crippen LogP) is 2.68. The van der Waals surface area contributed by atoms with Crippen LogP contribution in [0.1, 0.15) is 26.5 Å². The molecule has 0 bridgehead atoms. The van der Waals surface area contributed by atoms with E-state index in [0.717, 1.165) is 11.4 Å². The van der Waals surface area contributed by atoms with Gasteiger partial charge in [-0.1, -0.05) is 20.8 Å². The minimum absolute atomic E-state index is 0.0265. The van der Waals surface area contributed by atoms with E-state index in [2.05, 4.69) is 32.1 Å². The van der Waals surface area contributed by atoms with Gasteiger partial charge in [-0.2, -0.15) is 5.10 Å².